The molecular weight excluding hydrogens is 441 g/mol. The van der Waals surface area contributed by atoms with E-state index < -0.39 is 11.7 Å². The molecule has 0 radical (unpaired) electrons. The highest BCUT2D eigenvalue weighted by molar-refractivity contribution is 7.13. The van der Waals surface area contributed by atoms with Crippen molar-refractivity contribution >= 4 is 11.3 Å². The number of hydrogen-bond acceptors (Lipinski definition) is 6. The number of ether oxygens (including phenoxy) is 3. The third-order valence-corrected chi connectivity index (χ3v) is 5.62. The lowest BCUT2D eigenvalue weighted by Crippen LogP contribution is -2.15. The van der Waals surface area contributed by atoms with Gasteiger partial charge >= 0.3 is 6.18 Å². The van der Waals surface area contributed by atoms with Gasteiger partial charge in [0.25, 0.3) is 0 Å². The highest BCUT2D eigenvalue weighted by Crippen LogP contribution is 2.36. The van der Waals surface area contributed by atoms with Crippen molar-refractivity contribution in [2.75, 3.05) is 13.2 Å². The summed E-state index contributed by atoms with van der Waals surface area (Å²) in [6.45, 7) is 1.07. The first-order valence-electron chi connectivity index (χ1n) is 9.63. The molecule has 5 rings (SSSR count). The Hall–Kier alpha value is -3.59. The molecular formula is C23H15F3N2O3S. The van der Waals surface area contributed by atoms with E-state index in [1.165, 1.54) is 17.4 Å². The Morgan fingerprint density at radius 2 is 1.62 bits per heavy atom. The third kappa shape index (κ3) is 4.24. The molecule has 9 heteroatoms. The normalized spacial score (nSPS) is 13.1. The first-order chi connectivity index (χ1) is 15.5. The fourth-order valence-electron chi connectivity index (χ4n) is 3.14. The molecule has 4 aromatic rings. The van der Waals surface area contributed by atoms with Crippen molar-refractivity contribution in [1.29, 1.82) is 0 Å². The van der Waals surface area contributed by atoms with Gasteiger partial charge in [-0.15, -0.1) is 11.3 Å². The second-order valence-electron chi connectivity index (χ2n) is 6.91. The maximum atomic E-state index is 12.6. The second kappa shape index (κ2) is 8.16. The van der Waals surface area contributed by atoms with Crippen LogP contribution >= 0.6 is 11.3 Å². The van der Waals surface area contributed by atoms with E-state index in [0.717, 1.165) is 39.8 Å². The molecule has 32 heavy (non-hydrogen) atoms. The zero-order chi connectivity index (χ0) is 22.1. The van der Waals surface area contributed by atoms with Crippen molar-refractivity contribution in [3.8, 4) is 45.0 Å². The Balaban J connectivity index is 1.30. The number of benzene rings is 2. The molecule has 3 heterocycles. The molecule has 0 saturated heterocycles. The molecule has 0 unspecified atom stereocenters. The van der Waals surface area contributed by atoms with Crippen molar-refractivity contribution in [2.45, 2.75) is 6.18 Å². The molecule has 0 N–H and O–H groups in total. The highest BCUT2D eigenvalue weighted by atomic mass is 32.1. The van der Waals surface area contributed by atoms with Crippen LogP contribution in [0.2, 0.25) is 0 Å². The third-order valence-electron chi connectivity index (χ3n) is 4.73. The average Bonchev–Trinajstić information content (AvgIpc) is 3.29. The van der Waals surface area contributed by atoms with E-state index in [1.54, 1.807) is 12.1 Å². The Kier molecular flexibility index (Phi) is 5.18. The van der Waals surface area contributed by atoms with E-state index in [2.05, 4.69) is 4.98 Å². The number of hydrogen-bond donors (Lipinski definition) is 0. The Bertz CT molecular complexity index is 1240. The van der Waals surface area contributed by atoms with Crippen LogP contribution in [0.15, 0.2) is 66.2 Å². The van der Waals surface area contributed by atoms with Gasteiger partial charge in [0.15, 0.2) is 11.5 Å². The largest absolute Gasteiger partial charge is 0.486 e. The van der Waals surface area contributed by atoms with Crippen LogP contribution in [0.5, 0.6) is 23.1 Å². The molecule has 0 saturated carbocycles. The van der Waals surface area contributed by atoms with Crippen LogP contribution in [-0.4, -0.2) is 23.2 Å². The molecule has 0 spiro atoms. The van der Waals surface area contributed by atoms with E-state index in [-0.39, 0.29) is 5.88 Å². The molecule has 2 aromatic carbocycles. The minimum atomic E-state index is -4.43. The van der Waals surface area contributed by atoms with Crippen LogP contribution in [0, 0.1) is 0 Å². The van der Waals surface area contributed by atoms with Crippen LogP contribution in [0.3, 0.4) is 0 Å². The lowest BCUT2D eigenvalue weighted by Gasteiger charge is -2.18. The van der Waals surface area contributed by atoms with Gasteiger partial charge in [-0.25, -0.2) is 9.97 Å². The molecule has 1 aliphatic heterocycles. The molecule has 162 valence electrons. The molecule has 0 atom stereocenters. The van der Waals surface area contributed by atoms with E-state index >= 15 is 0 Å². The SMILES string of the molecule is FC(F)(F)c1ccc(Oc2ccc(-c3nc(-c4ccc5c(c4)OCCO5)cs3)cc2)nc1. The lowest BCUT2D eigenvalue weighted by atomic mass is 10.1. The second-order valence-corrected chi connectivity index (χ2v) is 7.76. The van der Waals surface area contributed by atoms with Crippen LogP contribution in [0.4, 0.5) is 13.2 Å². The van der Waals surface area contributed by atoms with Crippen LogP contribution in [0.25, 0.3) is 21.8 Å². The van der Waals surface area contributed by atoms with Gasteiger partial charge in [-0.05, 0) is 48.5 Å². The number of halogens is 3. The summed E-state index contributed by atoms with van der Waals surface area (Å²) in [5.74, 6) is 1.99. The van der Waals surface area contributed by atoms with E-state index in [0.29, 0.717) is 24.7 Å². The van der Waals surface area contributed by atoms with Gasteiger partial charge < -0.3 is 14.2 Å². The van der Waals surface area contributed by atoms with Crippen molar-refractivity contribution in [2.24, 2.45) is 0 Å². The van der Waals surface area contributed by atoms with E-state index in [9.17, 15) is 13.2 Å². The van der Waals surface area contributed by atoms with Crippen LogP contribution < -0.4 is 14.2 Å². The predicted molar refractivity (Wildman–Crippen MR) is 113 cm³/mol. The van der Waals surface area contributed by atoms with Crippen LogP contribution in [0.1, 0.15) is 5.56 Å². The van der Waals surface area contributed by atoms with Crippen LogP contribution in [-0.2, 0) is 6.18 Å². The molecule has 5 nitrogen and oxygen atoms in total. The van der Waals surface area contributed by atoms with Gasteiger partial charge in [-0.2, -0.15) is 13.2 Å². The Morgan fingerprint density at radius 3 is 2.34 bits per heavy atom. The monoisotopic (exact) mass is 456 g/mol. The number of aromatic nitrogens is 2. The van der Waals surface area contributed by atoms with Gasteiger partial charge in [-0.1, -0.05) is 0 Å². The summed E-state index contributed by atoms with van der Waals surface area (Å²) in [6.07, 6.45) is -3.68. The summed E-state index contributed by atoms with van der Waals surface area (Å²) in [5, 5.41) is 2.80. The number of pyridine rings is 1. The quantitative estimate of drug-likeness (QED) is 0.353. The van der Waals surface area contributed by atoms with Gasteiger partial charge in [0, 0.05) is 28.8 Å². The summed E-state index contributed by atoms with van der Waals surface area (Å²) in [6, 6.07) is 15.0. The number of alkyl halides is 3. The summed E-state index contributed by atoms with van der Waals surface area (Å²) in [5.41, 5.74) is 1.84. The summed E-state index contributed by atoms with van der Waals surface area (Å²) < 4.78 is 54.7. The minimum absolute atomic E-state index is 0.0842. The van der Waals surface area contributed by atoms with Crippen molar-refractivity contribution in [3.05, 3.63) is 71.7 Å². The number of fused-ring (bicyclic) bond motifs is 1. The van der Waals surface area contributed by atoms with Gasteiger partial charge in [-0.3, -0.25) is 0 Å². The van der Waals surface area contributed by atoms with Gasteiger partial charge in [0.1, 0.15) is 24.0 Å². The summed E-state index contributed by atoms with van der Waals surface area (Å²) >= 11 is 1.51. The van der Waals surface area contributed by atoms with E-state index in [4.69, 9.17) is 19.2 Å². The standard InChI is InChI=1S/C23H15F3N2O3S/c24-23(25,26)16-4-8-21(27-12-16)31-17-5-1-14(2-6-17)22-28-18(13-32-22)15-3-7-19-20(11-15)30-10-9-29-19/h1-8,11-13H,9-10H2. The maximum absolute atomic E-state index is 12.6. The Labute approximate surface area is 185 Å². The zero-order valence-electron chi connectivity index (χ0n) is 16.4. The van der Waals surface area contributed by atoms with Crippen molar-refractivity contribution in [1.82, 2.24) is 9.97 Å². The van der Waals surface area contributed by atoms with Crippen molar-refractivity contribution in [3.63, 3.8) is 0 Å². The lowest BCUT2D eigenvalue weighted by molar-refractivity contribution is -0.137. The van der Waals surface area contributed by atoms with Crippen molar-refractivity contribution < 1.29 is 27.4 Å². The first kappa shape index (κ1) is 20.3. The topological polar surface area (TPSA) is 53.5 Å². The molecule has 1 aliphatic rings. The molecule has 0 aliphatic carbocycles. The van der Waals surface area contributed by atoms with Gasteiger partial charge in [0.2, 0.25) is 5.88 Å². The smallest absolute Gasteiger partial charge is 0.417 e. The summed E-state index contributed by atoms with van der Waals surface area (Å²) in [4.78, 5) is 8.43. The predicted octanol–water partition coefficient (Wildman–Crippen LogP) is 6.45. The number of thiazole rings is 1. The molecule has 2 aromatic heterocycles. The summed E-state index contributed by atoms with van der Waals surface area (Å²) in [7, 11) is 0. The number of rotatable bonds is 4. The fourth-order valence-corrected chi connectivity index (χ4v) is 3.97. The number of nitrogens with zero attached hydrogens (tertiary/aromatic N) is 2. The maximum Gasteiger partial charge on any atom is 0.417 e. The average molecular weight is 456 g/mol. The van der Waals surface area contributed by atoms with E-state index in [1.807, 2.05) is 35.7 Å². The van der Waals surface area contributed by atoms with Gasteiger partial charge in [0.05, 0.1) is 11.3 Å². The molecule has 0 amide bonds. The minimum Gasteiger partial charge on any atom is -0.486 e. The zero-order valence-corrected chi connectivity index (χ0v) is 17.2. The highest BCUT2D eigenvalue weighted by Gasteiger charge is 2.30. The molecule has 0 bridgehead atoms. The molecule has 0 fully saturated rings. The Morgan fingerprint density at radius 1 is 0.875 bits per heavy atom. The fraction of sp³-hybridized carbons (Fsp3) is 0.130. The first-order valence-corrected chi connectivity index (χ1v) is 10.5.